The van der Waals surface area contributed by atoms with E-state index in [0.29, 0.717) is 5.52 Å². The van der Waals surface area contributed by atoms with E-state index in [2.05, 4.69) is 15.0 Å². The van der Waals surface area contributed by atoms with Crippen LogP contribution in [0, 0.1) is 5.92 Å². The van der Waals surface area contributed by atoms with Gasteiger partial charge in [0.05, 0.1) is 25.7 Å². The number of aliphatic hydroxyl groups excluding tert-OH is 1. The Labute approximate surface area is 194 Å². The number of aliphatic hydroxyl groups is 1. The molecule has 0 aliphatic carbocycles. The number of ether oxygens (including phenoxy) is 3. The molecule has 0 saturated carbocycles. The number of hydrogen-bond donors (Lipinski definition) is 2. The molecular weight excluding hydrogens is 473 g/mol. The van der Waals surface area contributed by atoms with Crippen molar-refractivity contribution in [2.45, 2.75) is 51.7 Å². The number of aromatic nitrogens is 4. The van der Waals surface area contributed by atoms with Crippen molar-refractivity contribution in [1.29, 1.82) is 0 Å². The van der Waals surface area contributed by atoms with Crippen LogP contribution >= 0.6 is 7.82 Å². The molecule has 1 saturated heterocycles. The summed E-state index contributed by atoms with van der Waals surface area (Å²) in [6.07, 6.45) is -1.04. The molecule has 15 heteroatoms. The summed E-state index contributed by atoms with van der Waals surface area (Å²) in [7, 11) is -2.65. The topological polar surface area (TPSA) is 179 Å². The number of nitrogen functional groups attached to an aromatic ring is 1. The van der Waals surface area contributed by atoms with Gasteiger partial charge in [-0.25, -0.2) is 9.55 Å². The second-order valence-corrected chi connectivity index (χ2v) is 9.60. The quantitative estimate of drug-likeness (QED) is 0.396. The van der Waals surface area contributed by atoms with Crippen LogP contribution in [0.2, 0.25) is 0 Å². The van der Waals surface area contributed by atoms with Crippen LogP contribution in [0.25, 0.3) is 11.2 Å². The van der Waals surface area contributed by atoms with E-state index in [9.17, 15) is 14.5 Å². The molecule has 1 fully saturated rings. The summed E-state index contributed by atoms with van der Waals surface area (Å²) in [6, 6.07) is 0. The highest BCUT2D eigenvalue weighted by Gasteiger charge is 2.51. The second-order valence-electron chi connectivity index (χ2n) is 8.02. The molecule has 4 heterocycles. The van der Waals surface area contributed by atoms with Gasteiger partial charge in [-0.3, -0.25) is 18.4 Å². The maximum absolute atomic E-state index is 12.9. The maximum atomic E-state index is 12.9. The molecular formula is C19H26N5O9P. The predicted octanol–water partition coefficient (Wildman–Crippen LogP) is 1.67. The summed E-state index contributed by atoms with van der Waals surface area (Å²) < 4.78 is 46.3. The van der Waals surface area contributed by atoms with Gasteiger partial charge in [-0.2, -0.15) is 9.97 Å². The van der Waals surface area contributed by atoms with Gasteiger partial charge in [-0.1, -0.05) is 6.92 Å². The van der Waals surface area contributed by atoms with E-state index in [-0.39, 0.29) is 48.3 Å². The molecule has 3 N–H and O–H groups in total. The number of carbonyl (C=O) groups is 1. The van der Waals surface area contributed by atoms with Crippen molar-refractivity contribution in [1.82, 2.24) is 19.5 Å². The fraction of sp³-hybridized carbons (Fsp3) is 0.579. The Morgan fingerprint density at radius 1 is 1.35 bits per heavy atom. The molecule has 14 nitrogen and oxygen atoms in total. The lowest BCUT2D eigenvalue weighted by Crippen LogP contribution is -2.31. The van der Waals surface area contributed by atoms with Gasteiger partial charge in [0, 0.05) is 0 Å². The lowest BCUT2D eigenvalue weighted by Gasteiger charge is -2.25. The Kier molecular flexibility index (Phi) is 6.67. The van der Waals surface area contributed by atoms with Crippen molar-refractivity contribution in [3.8, 4) is 5.88 Å². The van der Waals surface area contributed by atoms with Crippen molar-refractivity contribution >= 4 is 30.9 Å². The Hall–Kier alpha value is -2.93. The Morgan fingerprint density at radius 3 is 2.82 bits per heavy atom. The molecule has 2 aromatic rings. The molecule has 5 atom stereocenters. The largest absolute Gasteiger partial charge is 0.530 e. The minimum Gasteiger partial charge on any atom is -0.479 e. The van der Waals surface area contributed by atoms with Gasteiger partial charge in [0.25, 0.3) is 0 Å². The Bertz CT molecular complexity index is 1150. The molecule has 2 aliphatic heterocycles. The summed E-state index contributed by atoms with van der Waals surface area (Å²) in [5, 5.41) is 10.9. The lowest BCUT2D eigenvalue weighted by molar-refractivity contribution is -0.152. The first-order valence-electron chi connectivity index (χ1n) is 10.5. The third kappa shape index (κ3) is 4.67. The maximum Gasteiger partial charge on any atom is 0.530 e. The first-order chi connectivity index (χ1) is 16.1. The highest BCUT2D eigenvalue weighted by molar-refractivity contribution is 7.48. The minimum absolute atomic E-state index is 0.0563. The molecule has 2 aromatic heterocycles. The second kappa shape index (κ2) is 9.37. The number of fused-ring (bicyclic) bond motifs is 2. The number of hydrogen-bond acceptors (Lipinski definition) is 13. The molecule has 0 unspecified atom stereocenters. The average Bonchev–Trinajstić information content (AvgIpc) is 3.33. The number of methoxy groups -OCH3 is 1. The van der Waals surface area contributed by atoms with Gasteiger partial charge in [0.1, 0.15) is 18.7 Å². The van der Waals surface area contributed by atoms with Crippen LogP contribution in [-0.2, 0) is 32.4 Å². The van der Waals surface area contributed by atoms with Crippen LogP contribution in [0.15, 0.2) is 18.3 Å². The van der Waals surface area contributed by atoms with Gasteiger partial charge in [-0.15, -0.1) is 0 Å². The normalized spacial score (nSPS) is 27.0. The molecule has 0 bridgehead atoms. The minimum atomic E-state index is -4.07. The van der Waals surface area contributed by atoms with E-state index in [0.717, 1.165) is 6.26 Å². The van der Waals surface area contributed by atoms with Gasteiger partial charge >= 0.3 is 13.8 Å². The molecule has 0 amide bonds. The van der Waals surface area contributed by atoms with Crippen LogP contribution < -0.4 is 10.5 Å². The zero-order chi connectivity index (χ0) is 24.6. The number of nitrogens with zero attached hydrogens (tertiary/aromatic N) is 4. The van der Waals surface area contributed by atoms with E-state index in [4.69, 9.17) is 33.5 Å². The van der Waals surface area contributed by atoms with E-state index < -0.39 is 32.2 Å². The molecule has 186 valence electrons. The smallest absolute Gasteiger partial charge is 0.479 e. The third-order valence-corrected chi connectivity index (χ3v) is 6.46. The number of rotatable bonds is 8. The summed E-state index contributed by atoms with van der Waals surface area (Å²) in [6.45, 7) is 5.08. The molecule has 0 radical (unpaired) electrons. The van der Waals surface area contributed by atoms with Crippen LogP contribution in [-0.4, -0.2) is 62.6 Å². The van der Waals surface area contributed by atoms with Crippen LogP contribution in [0.1, 0.15) is 33.4 Å². The van der Waals surface area contributed by atoms with E-state index >= 15 is 0 Å². The van der Waals surface area contributed by atoms with Crippen molar-refractivity contribution in [2.24, 2.45) is 5.92 Å². The van der Waals surface area contributed by atoms with Gasteiger partial charge in [-0.05, 0) is 20.3 Å². The highest BCUT2D eigenvalue weighted by Crippen LogP contribution is 2.57. The van der Waals surface area contributed by atoms with Gasteiger partial charge < -0.3 is 29.6 Å². The average molecular weight is 499 g/mol. The summed E-state index contributed by atoms with van der Waals surface area (Å²) in [5.74, 6) is -0.651. The number of phosphoric acid groups is 1. The van der Waals surface area contributed by atoms with Crippen molar-refractivity contribution in [3.05, 3.63) is 18.3 Å². The number of imidazole rings is 1. The summed E-state index contributed by atoms with van der Waals surface area (Å²) >= 11 is 0. The van der Waals surface area contributed by atoms with E-state index in [1.54, 1.807) is 20.8 Å². The first kappa shape index (κ1) is 24.2. The van der Waals surface area contributed by atoms with E-state index in [1.165, 1.54) is 18.0 Å². The Balaban J connectivity index is 1.44. The molecule has 4 rings (SSSR count). The number of anilines is 1. The molecule has 34 heavy (non-hydrogen) atoms. The number of nitrogens with two attached hydrogens (primary N) is 1. The lowest BCUT2D eigenvalue weighted by atomic mass is 10.1. The highest BCUT2D eigenvalue weighted by atomic mass is 31.2. The van der Waals surface area contributed by atoms with Crippen molar-refractivity contribution in [3.63, 3.8) is 0 Å². The Morgan fingerprint density at radius 2 is 2.12 bits per heavy atom. The number of phosphoric ester groups is 1. The van der Waals surface area contributed by atoms with E-state index in [1.807, 2.05) is 0 Å². The summed E-state index contributed by atoms with van der Waals surface area (Å²) in [4.78, 5) is 24.2. The fourth-order valence-electron chi connectivity index (χ4n) is 3.41. The van der Waals surface area contributed by atoms with Crippen molar-refractivity contribution in [2.75, 3.05) is 19.5 Å². The van der Waals surface area contributed by atoms with Crippen molar-refractivity contribution < 1.29 is 42.2 Å². The van der Waals surface area contributed by atoms with Gasteiger partial charge in [0.2, 0.25) is 18.1 Å². The SMILES string of the molecule is COc1nc(N)nc2c1ncn2[C@@H]1OC2=CO[P@](=O)(OCC[C@@H](C)C(=O)OC(C)C)O[C@H]2[C@@H]1O. The monoisotopic (exact) mass is 499 g/mol. The van der Waals surface area contributed by atoms with Gasteiger partial charge in [0.15, 0.2) is 23.0 Å². The third-order valence-electron chi connectivity index (χ3n) is 5.11. The zero-order valence-electron chi connectivity index (χ0n) is 19.0. The zero-order valence-corrected chi connectivity index (χ0v) is 19.9. The molecule has 0 spiro atoms. The van der Waals surface area contributed by atoms with Crippen LogP contribution in [0.4, 0.5) is 5.95 Å². The predicted molar refractivity (Wildman–Crippen MR) is 115 cm³/mol. The van der Waals surface area contributed by atoms with Crippen LogP contribution in [0.3, 0.4) is 0 Å². The standard InChI is InChI=1S/C19H26N5O9P/c1-9(2)31-18(26)10(3)5-6-29-34(27)30-7-11-14(33-34)13(25)17(32-11)24-8-21-12-15(24)22-19(20)23-16(12)28-4/h7-10,13-14,17,25H,5-6H2,1-4H3,(H2,20,22,23)/t10-,13+,14-,17-,34+/m1/s1. The summed E-state index contributed by atoms with van der Waals surface area (Å²) in [5.41, 5.74) is 6.31. The first-order valence-corrected chi connectivity index (χ1v) is 12.0. The van der Waals surface area contributed by atoms with Crippen LogP contribution in [0.5, 0.6) is 5.88 Å². The molecule has 0 aromatic carbocycles. The number of esters is 1. The molecule has 2 aliphatic rings. The number of carbonyl (C=O) groups excluding carboxylic acids is 1. The fourth-order valence-corrected chi connectivity index (χ4v) is 4.65.